The number of hydrogen-bond donors (Lipinski definition) is 0. The average Bonchev–Trinajstić information content (AvgIpc) is 2.63. The topological polar surface area (TPSA) is 55.3 Å². The summed E-state index contributed by atoms with van der Waals surface area (Å²) in [5, 5.41) is 5.16. The molecular formula is C9H15N3O2S. The largest absolute Gasteiger partial charge is 0.290 e. The van der Waals surface area contributed by atoms with E-state index in [-0.39, 0.29) is 11.3 Å². The van der Waals surface area contributed by atoms with E-state index < -0.39 is 0 Å². The second-order valence-corrected chi connectivity index (χ2v) is 4.94. The molecule has 6 heteroatoms. The summed E-state index contributed by atoms with van der Waals surface area (Å²) in [4.78, 5) is 17.2. The minimum atomic E-state index is -0.211. The summed E-state index contributed by atoms with van der Waals surface area (Å²) in [5.74, 6) is -0.211. The molecule has 1 rings (SSSR count). The first-order valence-corrected chi connectivity index (χ1v) is 5.30. The normalized spacial score (nSPS) is 11.5. The number of carbonyl (C=O) groups excluding carboxylic acids is 1. The molecule has 1 aromatic rings. The summed E-state index contributed by atoms with van der Waals surface area (Å²) in [6.45, 7) is 5.98. The van der Waals surface area contributed by atoms with Crippen LogP contribution in [0.2, 0.25) is 0 Å². The molecule has 0 aliphatic heterocycles. The number of hydroxylamine groups is 2. The van der Waals surface area contributed by atoms with Crippen molar-refractivity contribution in [2.45, 2.75) is 26.2 Å². The Bertz CT molecular complexity index is 356. The quantitative estimate of drug-likeness (QED) is 0.721. The summed E-state index contributed by atoms with van der Waals surface area (Å²) >= 11 is 1.10. The molecule has 0 fully saturated rings. The second kappa shape index (κ2) is 4.24. The standard InChI is InChI=1S/C9H15N3O2S/c1-9(2,3)7-6(15-11-10-7)8(13)12(4)14-5/h1-5H3. The third kappa shape index (κ3) is 2.51. The Labute approximate surface area is 93.2 Å². The monoisotopic (exact) mass is 229 g/mol. The molecule has 1 aromatic heterocycles. The highest BCUT2D eigenvalue weighted by Crippen LogP contribution is 2.26. The molecule has 0 spiro atoms. The lowest BCUT2D eigenvalue weighted by atomic mass is 9.91. The van der Waals surface area contributed by atoms with Gasteiger partial charge in [-0.2, -0.15) is 0 Å². The highest BCUT2D eigenvalue weighted by Gasteiger charge is 2.27. The molecular weight excluding hydrogens is 214 g/mol. The molecule has 0 saturated carbocycles. The van der Waals surface area contributed by atoms with Crippen molar-refractivity contribution in [2.24, 2.45) is 0 Å². The van der Waals surface area contributed by atoms with Crippen LogP contribution in [0.4, 0.5) is 0 Å². The minimum Gasteiger partial charge on any atom is -0.274 e. The fourth-order valence-corrected chi connectivity index (χ4v) is 1.89. The van der Waals surface area contributed by atoms with Gasteiger partial charge in [0.15, 0.2) is 0 Å². The van der Waals surface area contributed by atoms with Gasteiger partial charge < -0.3 is 0 Å². The molecule has 0 aliphatic carbocycles. The first-order valence-electron chi connectivity index (χ1n) is 4.53. The fraction of sp³-hybridized carbons (Fsp3) is 0.667. The molecule has 0 aliphatic rings. The summed E-state index contributed by atoms with van der Waals surface area (Å²) < 4.78 is 3.81. The van der Waals surface area contributed by atoms with Crippen molar-refractivity contribution in [1.82, 2.24) is 14.7 Å². The number of aromatic nitrogens is 2. The van der Waals surface area contributed by atoms with Crippen LogP contribution in [0.25, 0.3) is 0 Å². The number of hydrogen-bond acceptors (Lipinski definition) is 5. The molecule has 1 amide bonds. The minimum absolute atomic E-state index is 0.188. The van der Waals surface area contributed by atoms with Gasteiger partial charge in [-0.05, 0) is 11.5 Å². The Morgan fingerprint density at radius 2 is 2.07 bits per heavy atom. The van der Waals surface area contributed by atoms with Gasteiger partial charge in [0, 0.05) is 12.5 Å². The Balaban J connectivity index is 3.06. The molecule has 0 unspecified atom stereocenters. The van der Waals surface area contributed by atoms with Crippen LogP contribution in [0.15, 0.2) is 0 Å². The zero-order valence-corrected chi connectivity index (χ0v) is 10.4. The third-order valence-corrected chi connectivity index (χ3v) is 2.67. The molecule has 0 radical (unpaired) electrons. The van der Waals surface area contributed by atoms with E-state index in [2.05, 4.69) is 9.59 Å². The highest BCUT2D eigenvalue weighted by molar-refractivity contribution is 7.08. The number of rotatable bonds is 2. The van der Waals surface area contributed by atoms with E-state index in [1.165, 1.54) is 12.2 Å². The van der Waals surface area contributed by atoms with Gasteiger partial charge in [0.05, 0.1) is 12.8 Å². The number of amides is 1. The summed E-state index contributed by atoms with van der Waals surface area (Å²) in [6, 6.07) is 0. The third-order valence-electron chi connectivity index (χ3n) is 1.95. The van der Waals surface area contributed by atoms with E-state index in [4.69, 9.17) is 4.84 Å². The second-order valence-electron chi connectivity index (χ2n) is 4.19. The van der Waals surface area contributed by atoms with Gasteiger partial charge in [0.2, 0.25) is 0 Å². The zero-order chi connectivity index (χ0) is 11.6. The van der Waals surface area contributed by atoms with Gasteiger partial charge in [0.25, 0.3) is 5.91 Å². The van der Waals surface area contributed by atoms with E-state index in [1.807, 2.05) is 20.8 Å². The van der Waals surface area contributed by atoms with Crippen LogP contribution in [-0.4, -0.2) is 34.7 Å². The predicted molar refractivity (Wildman–Crippen MR) is 57.7 cm³/mol. The van der Waals surface area contributed by atoms with E-state index in [0.717, 1.165) is 11.5 Å². The maximum absolute atomic E-state index is 11.8. The van der Waals surface area contributed by atoms with Crippen molar-refractivity contribution in [3.63, 3.8) is 0 Å². The van der Waals surface area contributed by atoms with Gasteiger partial charge in [-0.15, -0.1) is 5.10 Å². The molecule has 84 valence electrons. The molecule has 0 atom stereocenters. The van der Waals surface area contributed by atoms with Crippen LogP contribution in [-0.2, 0) is 10.3 Å². The van der Waals surface area contributed by atoms with Crippen molar-refractivity contribution in [1.29, 1.82) is 0 Å². The van der Waals surface area contributed by atoms with Gasteiger partial charge in [-0.3, -0.25) is 9.63 Å². The first kappa shape index (κ1) is 12.1. The lowest BCUT2D eigenvalue weighted by Gasteiger charge is -2.18. The van der Waals surface area contributed by atoms with E-state index in [9.17, 15) is 4.79 Å². The van der Waals surface area contributed by atoms with Crippen LogP contribution in [0.5, 0.6) is 0 Å². The van der Waals surface area contributed by atoms with Crippen molar-refractivity contribution in [3.8, 4) is 0 Å². The Morgan fingerprint density at radius 3 is 2.53 bits per heavy atom. The Kier molecular flexibility index (Phi) is 3.41. The van der Waals surface area contributed by atoms with E-state index in [1.54, 1.807) is 7.05 Å². The molecule has 0 N–H and O–H groups in total. The van der Waals surface area contributed by atoms with Crippen molar-refractivity contribution < 1.29 is 9.63 Å². The number of carbonyl (C=O) groups is 1. The van der Waals surface area contributed by atoms with Crippen LogP contribution < -0.4 is 0 Å². The van der Waals surface area contributed by atoms with Crippen molar-refractivity contribution in [2.75, 3.05) is 14.2 Å². The van der Waals surface area contributed by atoms with Gasteiger partial charge in [0.1, 0.15) is 4.88 Å². The molecule has 0 saturated heterocycles. The Hall–Kier alpha value is -1.01. The predicted octanol–water partition coefficient (Wildman–Crippen LogP) is 1.47. The van der Waals surface area contributed by atoms with Gasteiger partial charge >= 0.3 is 0 Å². The molecule has 0 aromatic carbocycles. The van der Waals surface area contributed by atoms with Crippen molar-refractivity contribution in [3.05, 3.63) is 10.6 Å². The SMILES string of the molecule is CON(C)C(=O)c1snnc1C(C)(C)C. The van der Waals surface area contributed by atoms with Crippen LogP contribution in [0.3, 0.4) is 0 Å². The summed E-state index contributed by atoms with van der Waals surface area (Å²) in [5.41, 5.74) is 0.522. The van der Waals surface area contributed by atoms with Gasteiger partial charge in [-0.1, -0.05) is 25.3 Å². The van der Waals surface area contributed by atoms with Crippen molar-refractivity contribution >= 4 is 17.4 Å². The maximum Gasteiger partial charge on any atom is 0.290 e. The molecule has 15 heavy (non-hydrogen) atoms. The summed E-state index contributed by atoms with van der Waals surface area (Å²) in [7, 11) is 3.01. The lowest BCUT2D eigenvalue weighted by molar-refractivity contribution is -0.0755. The molecule has 0 bridgehead atoms. The van der Waals surface area contributed by atoms with E-state index >= 15 is 0 Å². The molecule has 5 nitrogen and oxygen atoms in total. The lowest BCUT2D eigenvalue weighted by Crippen LogP contribution is -2.27. The van der Waals surface area contributed by atoms with Gasteiger partial charge in [-0.25, -0.2) is 5.06 Å². The molecule has 1 heterocycles. The smallest absolute Gasteiger partial charge is 0.274 e. The average molecular weight is 229 g/mol. The maximum atomic E-state index is 11.8. The zero-order valence-electron chi connectivity index (χ0n) is 9.57. The summed E-state index contributed by atoms with van der Waals surface area (Å²) in [6.07, 6.45) is 0. The van der Waals surface area contributed by atoms with Crippen LogP contribution >= 0.6 is 11.5 Å². The fourth-order valence-electron chi connectivity index (χ4n) is 1.05. The van der Waals surface area contributed by atoms with Crippen LogP contribution in [0.1, 0.15) is 36.1 Å². The number of nitrogens with zero attached hydrogens (tertiary/aromatic N) is 3. The first-order chi connectivity index (χ1) is 6.88. The van der Waals surface area contributed by atoms with Crippen LogP contribution in [0, 0.1) is 0 Å². The highest BCUT2D eigenvalue weighted by atomic mass is 32.1. The Morgan fingerprint density at radius 1 is 1.47 bits per heavy atom. The van der Waals surface area contributed by atoms with E-state index in [0.29, 0.717) is 10.6 Å².